The van der Waals surface area contributed by atoms with E-state index in [4.69, 9.17) is 0 Å². The van der Waals surface area contributed by atoms with E-state index < -0.39 is 11.4 Å². The predicted molar refractivity (Wildman–Crippen MR) is 76.7 cm³/mol. The third-order valence-electron chi connectivity index (χ3n) is 2.11. The number of aromatic nitrogens is 1. The maximum atomic E-state index is 12.0. The van der Waals surface area contributed by atoms with Gasteiger partial charge in [0.2, 0.25) is 0 Å². The normalized spacial score (nSPS) is 14.8. The van der Waals surface area contributed by atoms with Crippen molar-refractivity contribution < 1.29 is 4.55 Å². The van der Waals surface area contributed by atoms with Crippen molar-refractivity contribution in [2.24, 2.45) is 4.40 Å². The highest BCUT2D eigenvalue weighted by molar-refractivity contribution is 9.10. The van der Waals surface area contributed by atoms with E-state index in [1.54, 1.807) is 6.20 Å². The molecule has 0 saturated heterocycles. The molecule has 0 bridgehead atoms. The van der Waals surface area contributed by atoms with Crippen LogP contribution in [-0.4, -0.2) is 20.0 Å². The fourth-order valence-corrected chi connectivity index (χ4v) is 2.05. The van der Waals surface area contributed by atoms with Crippen LogP contribution in [0.25, 0.3) is 0 Å². The maximum absolute atomic E-state index is 12.0. The second-order valence-corrected chi connectivity index (χ2v) is 7.34. The minimum absolute atomic E-state index is 0.330. The Morgan fingerprint density at radius 2 is 2.12 bits per heavy atom. The Morgan fingerprint density at radius 1 is 1.47 bits per heavy atom. The summed E-state index contributed by atoms with van der Waals surface area (Å²) >= 11 is 2.06. The van der Waals surface area contributed by atoms with Crippen molar-refractivity contribution in [2.75, 3.05) is 0 Å². The third-order valence-corrected chi connectivity index (χ3v) is 4.02. The molecule has 94 valence electrons. The van der Waals surface area contributed by atoms with E-state index in [1.807, 2.05) is 39.8 Å². The summed E-state index contributed by atoms with van der Waals surface area (Å²) in [5, 5.41) is 0. The number of rotatable bonds is 3. The summed E-state index contributed by atoms with van der Waals surface area (Å²) in [7, 11) is 0. The molecule has 0 radical (unpaired) electrons. The van der Waals surface area contributed by atoms with Crippen LogP contribution in [-0.2, 0) is 11.4 Å². The molecule has 3 nitrogen and oxygen atoms in total. The molecule has 0 unspecified atom stereocenters. The van der Waals surface area contributed by atoms with Gasteiger partial charge in [-0.3, -0.25) is 0 Å². The van der Waals surface area contributed by atoms with Crippen molar-refractivity contribution in [1.29, 1.82) is 0 Å². The Morgan fingerprint density at radius 3 is 2.53 bits per heavy atom. The van der Waals surface area contributed by atoms with Crippen molar-refractivity contribution in [2.45, 2.75) is 38.9 Å². The molecule has 0 fully saturated rings. The van der Waals surface area contributed by atoms with Crippen molar-refractivity contribution in [1.82, 2.24) is 4.98 Å². The van der Waals surface area contributed by atoms with Crippen LogP contribution in [0.1, 0.15) is 39.7 Å². The van der Waals surface area contributed by atoms with Crippen LogP contribution < -0.4 is 0 Å². The zero-order valence-electron chi connectivity index (χ0n) is 10.5. The number of hydrogen-bond acceptors (Lipinski definition) is 3. The van der Waals surface area contributed by atoms with E-state index in [0.29, 0.717) is 0 Å². The monoisotopic (exact) mass is 316 g/mol. The standard InChI is InChI=1S/C12H17BrN2OS/c1-5-10(15-17(16)12(2,3)4)9-6-7-11(13)14-8-9/h6-8H,5H2,1-4H3/b15-10+/t17-/m1/s1. The number of nitrogens with zero attached hydrogens (tertiary/aromatic N) is 2. The Labute approximate surface area is 114 Å². The van der Waals surface area contributed by atoms with Crippen LogP contribution in [0.4, 0.5) is 0 Å². The van der Waals surface area contributed by atoms with Gasteiger partial charge in [-0.1, -0.05) is 11.3 Å². The molecule has 0 spiro atoms. The smallest absolute Gasteiger partial charge is 0.144 e. The fourth-order valence-electron chi connectivity index (χ4n) is 1.10. The topological polar surface area (TPSA) is 48.3 Å². The van der Waals surface area contributed by atoms with Gasteiger partial charge in [-0.25, -0.2) is 4.98 Å². The Kier molecular flexibility index (Phi) is 5.16. The summed E-state index contributed by atoms with van der Waals surface area (Å²) in [5.41, 5.74) is 1.76. The van der Waals surface area contributed by atoms with E-state index in [9.17, 15) is 4.55 Å². The Bertz CT molecular complexity index is 398. The summed E-state index contributed by atoms with van der Waals surface area (Å²) in [4.78, 5) is 4.15. The van der Waals surface area contributed by atoms with Crippen molar-refractivity contribution >= 4 is 33.0 Å². The molecule has 0 N–H and O–H groups in total. The van der Waals surface area contributed by atoms with Gasteiger partial charge < -0.3 is 4.55 Å². The van der Waals surface area contributed by atoms with Crippen molar-refractivity contribution in [3.8, 4) is 0 Å². The quantitative estimate of drug-likeness (QED) is 0.487. The summed E-state index contributed by atoms with van der Waals surface area (Å²) < 4.78 is 16.7. The highest BCUT2D eigenvalue weighted by Gasteiger charge is 2.27. The number of hydrogen-bond donors (Lipinski definition) is 0. The van der Waals surface area contributed by atoms with Gasteiger partial charge in [0.1, 0.15) is 20.7 Å². The van der Waals surface area contributed by atoms with Gasteiger partial charge in [0.05, 0.1) is 5.71 Å². The highest BCUT2D eigenvalue weighted by atomic mass is 79.9. The Hall–Kier alpha value is -0.390. The zero-order chi connectivity index (χ0) is 13.1. The molecule has 17 heavy (non-hydrogen) atoms. The average Bonchev–Trinajstić information content (AvgIpc) is 2.25. The fraction of sp³-hybridized carbons (Fsp3) is 0.500. The summed E-state index contributed by atoms with van der Waals surface area (Å²) in [6.07, 6.45) is 2.48. The molecule has 1 atom stereocenters. The van der Waals surface area contributed by atoms with Crippen molar-refractivity contribution in [3.05, 3.63) is 28.5 Å². The summed E-state index contributed by atoms with van der Waals surface area (Å²) in [5.74, 6) is 0. The van der Waals surface area contributed by atoms with Gasteiger partial charge in [-0.2, -0.15) is 0 Å². The average molecular weight is 317 g/mol. The SMILES string of the molecule is CC/C(=N\[S@+]([O-])C(C)(C)C)c1ccc(Br)nc1. The van der Waals surface area contributed by atoms with Crippen LogP contribution >= 0.6 is 15.9 Å². The minimum atomic E-state index is -1.22. The van der Waals surface area contributed by atoms with Gasteiger partial charge in [-0.15, -0.1) is 0 Å². The van der Waals surface area contributed by atoms with E-state index >= 15 is 0 Å². The first-order chi connectivity index (χ1) is 7.84. The zero-order valence-corrected chi connectivity index (χ0v) is 12.9. The second-order valence-electron chi connectivity index (χ2n) is 4.62. The molecule has 0 aliphatic rings. The molecule has 5 heteroatoms. The predicted octanol–water partition coefficient (Wildman–Crippen LogP) is 3.51. The molecular weight excluding hydrogens is 300 g/mol. The lowest BCUT2D eigenvalue weighted by atomic mass is 10.1. The lowest BCUT2D eigenvalue weighted by Crippen LogP contribution is -2.27. The van der Waals surface area contributed by atoms with Crippen LogP contribution in [0.3, 0.4) is 0 Å². The van der Waals surface area contributed by atoms with Crippen LogP contribution in [0, 0.1) is 0 Å². The van der Waals surface area contributed by atoms with Crippen LogP contribution in [0.15, 0.2) is 27.3 Å². The number of pyridine rings is 1. The van der Waals surface area contributed by atoms with Crippen LogP contribution in [0.2, 0.25) is 0 Å². The molecule has 1 heterocycles. The molecule has 1 aromatic rings. The highest BCUT2D eigenvalue weighted by Crippen LogP contribution is 2.19. The largest absolute Gasteiger partial charge is 0.591 e. The maximum Gasteiger partial charge on any atom is 0.144 e. The van der Waals surface area contributed by atoms with Crippen molar-refractivity contribution in [3.63, 3.8) is 0 Å². The van der Waals surface area contributed by atoms with Gasteiger partial charge >= 0.3 is 0 Å². The van der Waals surface area contributed by atoms with Gasteiger partial charge in [0.15, 0.2) is 0 Å². The molecule has 0 aliphatic heterocycles. The molecular formula is C12H17BrN2OS. The van der Waals surface area contributed by atoms with E-state index in [-0.39, 0.29) is 4.75 Å². The van der Waals surface area contributed by atoms with Crippen LogP contribution in [0.5, 0.6) is 0 Å². The molecule has 0 amide bonds. The first-order valence-electron chi connectivity index (χ1n) is 5.46. The molecule has 1 rings (SSSR count). The molecule has 0 saturated carbocycles. The lowest BCUT2D eigenvalue weighted by Gasteiger charge is -2.19. The summed E-state index contributed by atoms with van der Waals surface area (Å²) in [6.45, 7) is 7.75. The van der Waals surface area contributed by atoms with Gasteiger partial charge in [0.25, 0.3) is 0 Å². The Balaban J connectivity index is 2.99. The van der Waals surface area contributed by atoms with Gasteiger partial charge in [0, 0.05) is 11.8 Å². The third kappa shape index (κ3) is 4.41. The van der Waals surface area contributed by atoms with E-state index in [1.165, 1.54) is 0 Å². The first-order valence-corrected chi connectivity index (χ1v) is 7.36. The van der Waals surface area contributed by atoms with E-state index in [0.717, 1.165) is 22.3 Å². The molecule has 0 aromatic carbocycles. The van der Waals surface area contributed by atoms with Gasteiger partial charge in [-0.05, 0) is 55.3 Å². The second kappa shape index (κ2) is 5.98. The summed E-state index contributed by atoms with van der Waals surface area (Å²) in [6, 6.07) is 3.79. The molecule has 1 aromatic heterocycles. The lowest BCUT2D eigenvalue weighted by molar-refractivity contribution is 0.561. The molecule has 0 aliphatic carbocycles. The number of halogens is 1. The minimum Gasteiger partial charge on any atom is -0.591 e. The van der Waals surface area contributed by atoms with E-state index in [2.05, 4.69) is 25.3 Å². The first kappa shape index (κ1) is 14.7.